The third kappa shape index (κ3) is 12.7. The number of carboxylic acid groups (broad SMARTS) is 2. The molecular weight excluding hydrogens is 416 g/mol. The summed E-state index contributed by atoms with van der Waals surface area (Å²) in [4.78, 5) is 8.56. The van der Waals surface area contributed by atoms with Crippen molar-refractivity contribution in [1.82, 2.24) is 0 Å². The molecule has 0 aliphatic carbocycles. The number of carbonyl (C=O) groups is 1. The van der Waals surface area contributed by atoms with Crippen LogP contribution in [0.3, 0.4) is 0 Å². The van der Waals surface area contributed by atoms with Gasteiger partial charge in [-0.15, -0.1) is 0 Å². The van der Waals surface area contributed by atoms with E-state index in [4.69, 9.17) is 25.2 Å². The molecule has 0 rings (SSSR count). The summed E-state index contributed by atoms with van der Waals surface area (Å²) in [5, 5.41) is 29.2. The highest BCUT2D eigenvalue weighted by Crippen LogP contribution is 2.35. The minimum absolute atomic E-state index is 1.83. The van der Waals surface area contributed by atoms with Crippen molar-refractivity contribution in [2.75, 3.05) is 13.2 Å². The first-order chi connectivity index (χ1) is 11.2. The van der Waals surface area contributed by atoms with Crippen LogP contribution in [0.5, 0.6) is 0 Å². The number of alkyl halides is 12. The lowest BCUT2D eigenvalue weighted by Gasteiger charge is -2.19. The standard InChI is InChI=1S/2C4H4F6O.CH2O3/c2*5-2(4(8,9)10)3(6,7)1-11;2-1(3)4/h2*2,11H,1H2;(H2,2,3,4). The molecule has 2 atom stereocenters. The largest absolute Gasteiger partial charge is 0.503 e. The van der Waals surface area contributed by atoms with Crippen molar-refractivity contribution in [2.24, 2.45) is 0 Å². The summed E-state index contributed by atoms with van der Waals surface area (Å²) in [6, 6.07) is 0. The van der Waals surface area contributed by atoms with E-state index in [2.05, 4.69) is 0 Å². The maximum Gasteiger partial charge on any atom is 0.503 e. The van der Waals surface area contributed by atoms with Crippen LogP contribution in [0.4, 0.5) is 57.5 Å². The number of hydrogen-bond acceptors (Lipinski definition) is 3. The third-order valence-electron chi connectivity index (χ3n) is 1.74. The fourth-order valence-electron chi connectivity index (χ4n) is 0.639. The van der Waals surface area contributed by atoms with Crippen molar-refractivity contribution in [3.63, 3.8) is 0 Å². The zero-order chi connectivity index (χ0) is 22.1. The van der Waals surface area contributed by atoms with E-state index in [1.54, 1.807) is 0 Å². The SMILES string of the molecule is O=C(O)O.OCC(F)(F)C(F)C(F)(F)F.OCC(F)(F)C(F)C(F)(F)F. The van der Waals surface area contributed by atoms with Gasteiger partial charge < -0.3 is 20.4 Å². The van der Waals surface area contributed by atoms with Gasteiger partial charge in [0, 0.05) is 0 Å². The van der Waals surface area contributed by atoms with Crippen molar-refractivity contribution in [3.8, 4) is 0 Å². The second-order valence-electron chi connectivity index (χ2n) is 3.93. The van der Waals surface area contributed by atoms with Gasteiger partial charge in [-0.25, -0.2) is 31.1 Å². The van der Waals surface area contributed by atoms with E-state index in [1.807, 2.05) is 0 Å². The maximum atomic E-state index is 11.7. The highest BCUT2D eigenvalue weighted by atomic mass is 19.4. The summed E-state index contributed by atoms with van der Waals surface area (Å²) in [7, 11) is 0. The highest BCUT2D eigenvalue weighted by Gasteiger charge is 2.57. The summed E-state index contributed by atoms with van der Waals surface area (Å²) < 4.78 is 137. The summed E-state index contributed by atoms with van der Waals surface area (Å²) in [5.41, 5.74) is 0. The van der Waals surface area contributed by atoms with Gasteiger partial charge >= 0.3 is 30.4 Å². The molecule has 0 aromatic heterocycles. The van der Waals surface area contributed by atoms with Gasteiger partial charge in [-0.1, -0.05) is 0 Å². The molecule has 0 spiro atoms. The molecule has 0 fully saturated rings. The van der Waals surface area contributed by atoms with E-state index in [0.717, 1.165) is 0 Å². The van der Waals surface area contributed by atoms with E-state index in [-0.39, 0.29) is 0 Å². The minimum atomic E-state index is -5.63. The predicted molar refractivity (Wildman–Crippen MR) is 56.6 cm³/mol. The number of halogens is 12. The molecule has 26 heavy (non-hydrogen) atoms. The van der Waals surface area contributed by atoms with E-state index in [9.17, 15) is 52.7 Å². The van der Waals surface area contributed by atoms with Crippen LogP contribution < -0.4 is 0 Å². The van der Waals surface area contributed by atoms with Crippen molar-refractivity contribution in [1.29, 1.82) is 0 Å². The monoisotopic (exact) mass is 426 g/mol. The predicted octanol–water partition coefficient (Wildman–Crippen LogP) is 3.25. The molecule has 0 aliphatic rings. The van der Waals surface area contributed by atoms with Crippen LogP contribution >= 0.6 is 0 Å². The van der Waals surface area contributed by atoms with Gasteiger partial charge in [0.05, 0.1) is 0 Å². The summed E-state index contributed by atoms with van der Waals surface area (Å²) in [6.07, 6.45) is -21.7. The summed E-state index contributed by atoms with van der Waals surface area (Å²) in [6.45, 7) is -4.32. The van der Waals surface area contributed by atoms with E-state index in [1.165, 1.54) is 0 Å². The van der Waals surface area contributed by atoms with Crippen molar-refractivity contribution in [3.05, 3.63) is 0 Å². The minimum Gasteiger partial charge on any atom is -0.450 e. The van der Waals surface area contributed by atoms with Crippen molar-refractivity contribution < 1.29 is 77.9 Å². The first-order valence-electron chi connectivity index (χ1n) is 5.47. The first-order valence-corrected chi connectivity index (χ1v) is 5.47. The molecule has 0 aliphatic heterocycles. The zero-order valence-electron chi connectivity index (χ0n) is 11.8. The number of rotatable bonds is 4. The lowest BCUT2D eigenvalue weighted by atomic mass is 10.2. The average Bonchev–Trinajstić information content (AvgIpc) is 2.43. The van der Waals surface area contributed by atoms with E-state index < -0.39 is 55.9 Å². The Hall–Kier alpha value is -1.65. The van der Waals surface area contributed by atoms with Crippen molar-refractivity contribution >= 4 is 6.16 Å². The molecule has 160 valence electrons. The Morgan fingerprint density at radius 1 is 0.654 bits per heavy atom. The Morgan fingerprint density at radius 2 is 0.808 bits per heavy atom. The number of hydrogen-bond donors (Lipinski definition) is 4. The molecule has 17 heteroatoms. The molecule has 0 aromatic carbocycles. The average molecular weight is 426 g/mol. The van der Waals surface area contributed by atoms with Gasteiger partial charge in [-0.3, -0.25) is 0 Å². The lowest BCUT2D eigenvalue weighted by Crippen LogP contribution is -2.44. The molecule has 0 saturated heterocycles. The Bertz CT molecular complexity index is 371. The number of aliphatic hydroxyl groups is 2. The van der Waals surface area contributed by atoms with Crippen molar-refractivity contribution in [2.45, 2.75) is 36.5 Å². The quantitative estimate of drug-likeness (QED) is 0.518. The Balaban J connectivity index is -0.000000338. The molecule has 5 nitrogen and oxygen atoms in total. The van der Waals surface area contributed by atoms with Crippen LogP contribution in [-0.2, 0) is 0 Å². The molecule has 0 bridgehead atoms. The fourth-order valence-corrected chi connectivity index (χ4v) is 0.639. The van der Waals surface area contributed by atoms with Crippen LogP contribution in [0.25, 0.3) is 0 Å². The summed E-state index contributed by atoms with van der Waals surface area (Å²) in [5.74, 6) is -9.50. The Morgan fingerprint density at radius 3 is 0.846 bits per heavy atom. The van der Waals surface area contributed by atoms with Crippen LogP contribution in [0.2, 0.25) is 0 Å². The van der Waals surface area contributed by atoms with Gasteiger partial charge in [0.15, 0.2) is 0 Å². The van der Waals surface area contributed by atoms with Gasteiger partial charge in [0.1, 0.15) is 13.2 Å². The highest BCUT2D eigenvalue weighted by molar-refractivity contribution is 5.53. The van der Waals surface area contributed by atoms with Gasteiger partial charge in [0.25, 0.3) is 12.3 Å². The fraction of sp³-hybridized carbons (Fsp3) is 0.889. The first kappa shape index (κ1) is 29.1. The number of aliphatic hydroxyl groups excluding tert-OH is 2. The van der Waals surface area contributed by atoms with Gasteiger partial charge in [0.2, 0.25) is 0 Å². The second-order valence-corrected chi connectivity index (χ2v) is 3.93. The lowest BCUT2D eigenvalue weighted by molar-refractivity contribution is -0.252. The second kappa shape index (κ2) is 10.5. The molecule has 0 amide bonds. The van der Waals surface area contributed by atoms with Crippen LogP contribution in [0.15, 0.2) is 0 Å². The molecule has 0 aromatic rings. The van der Waals surface area contributed by atoms with Crippen LogP contribution in [0, 0.1) is 0 Å². The van der Waals surface area contributed by atoms with E-state index >= 15 is 0 Å². The van der Waals surface area contributed by atoms with Gasteiger partial charge in [-0.05, 0) is 0 Å². The Kier molecular flexibility index (Phi) is 11.7. The summed E-state index contributed by atoms with van der Waals surface area (Å²) >= 11 is 0. The maximum absolute atomic E-state index is 11.7. The topological polar surface area (TPSA) is 98.0 Å². The smallest absolute Gasteiger partial charge is 0.450 e. The molecule has 0 saturated carbocycles. The molecule has 0 radical (unpaired) electrons. The third-order valence-corrected chi connectivity index (χ3v) is 1.74. The zero-order valence-corrected chi connectivity index (χ0v) is 11.8. The molecule has 4 N–H and O–H groups in total. The van der Waals surface area contributed by atoms with Gasteiger partial charge in [-0.2, -0.15) is 26.3 Å². The van der Waals surface area contributed by atoms with Crippen LogP contribution in [0.1, 0.15) is 0 Å². The van der Waals surface area contributed by atoms with Crippen LogP contribution in [-0.4, -0.2) is 76.3 Å². The molecular formula is C9H10F12O5. The normalized spacial score (nSPS) is 15.0. The molecule has 2 unspecified atom stereocenters. The van der Waals surface area contributed by atoms with E-state index in [0.29, 0.717) is 0 Å². The Labute approximate surface area is 135 Å². The molecule has 0 heterocycles.